The Kier molecular flexibility index (Phi) is 3.91. The van der Waals surface area contributed by atoms with E-state index in [9.17, 15) is 4.39 Å². The molecule has 2 rings (SSSR count). The van der Waals surface area contributed by atoms with Crippen molar-refractivity contribution in [3.63, 3.8) is 0 Å². The van der Waals surface area contributed by atoms with Crippen molar-refractivity contribution in [2.24, 2.45) is 0 Å². The van der Waals surface area contributed by atoms with E-state index in [1.165, 1.54) is 12.1 Å². The van der Waals surface area contributed by atoms with E-state index in [1.54, 1.807) is 0 Å². The molecule has 3 heteroatoms. The van der Waals surface area contributed by atoms with Crippen LogP contribution in [0.4, 0.5) is 4.39 Å². The summed E-state index contributed by atoms with van der Waals surface area (Å²) < 4.78 is 18.4. The zero-order chi connectivity index (χ0) is 11.4. The van der Waals surface area contributed by atoms with Gasteiger partial charge in [0, 0.05) is 12.6 Å². The van der Waals surface area contributed by atoms with Crippen LogP contribution in [-0.4, -0.2) is 25.8 Å². The van der Waals surface area contributed by atoms with E-state index in [2.05, 4.69) is 5.32 Å². The molecule has 1 aliphatic rings. The van der Waals surface area contributed by atoms with Gasteiger partial charge in [-0.1, -0.05) is 12.1 Å². The lowest BCUT2D eigenvalue weighted by atomic mass is 9.99. The number of rotatable bonds is 4. The minimum absolute atomic E-state index is 0.179. The first kappa shape index (κ1) is 11.6. The van der Waals surface area contributed by atoms with Gasteiger partial charge in [-0.2, -0.15) is 0 Å². The predicted molar refractivity (Wildman–Crippen MR) is 61.9 cm³/mol. The van der Waals surface area contributed by atoms with Gasteiger partial charge in [0.05, 0.1) is 6.10 Å². The molecule has 1 N–H and O–H groups in total. The smallest absolute Gasteiger partial charge is 0.123 e. The molecule has 0 unspecified atom stereocenters. The van der Waals surface area contributed by atoms with Crippen molar-refractivity contribution in [3.05, 3.63) is 35.6 Å². The molecule has 1 aliphatic heterocycles. The molecular weight excluding hydrogens is 205 g/mol. The Labute approximate surface area is 95.8 Å². The van der Waals surface area contributed by atoms with Gasteiger partial charge in [0.25, 0.3) is 0 Å². The highest BCUT2D eigenvalue weighted by molar-refractivity contribution is 5.17. The van der Waals surface area contributed by atoms with Gasteiger partial charge in [0.2, 0.25) is 0 Å². The van der Waals surface area contributed by atoms with E-state index in [0.29, 0.717) is 12.1 Å². The quantitative estimate of drug-likeness (QED) is 0.844. The summed E-state index contributed by atoms with van der Waals surface area (Å²) >= 11 is 0. The van der Waals surface area contributed by atoms with Crippen LogP contribution in [-0.2, 0) is 11.2 Å². The van der Waals surface area contributed by atoms with Crippen LogP contribution >= 0.6 is 0 Å². The summed E-state index contributed by atoms with van der Waals surface area (Å²) in [6.45, 7) is 0.867. The normalized spacial score (nSPS) is 22.2. The Bertz CT molecular complexity index is 319. The van der Waals surface area contributed by atoms with Gasteiger partial charge < -0.3 is 10.1 Å². The lowest BCUT2D eigenvalue weighted by Gasteiger charge is -2.22. The van der Waals surface area contributed by atoms with Crippen LogP contribution in [0.1, 0.15) is 18.4 Å². The standard InChI is InChI=1S/C13H18FNO/c1-15-12(13-3-2-8-16-13)9-10-4-6-11(14)7-5-10/h4-7,12-13,15H,2-3,8-9H2,1H3/t12-,13+/m1/s1. The first-order chi connectivity index (χ1) is 7.79. The summed E-state index contributed by atoms with van der Waals surface area (Å²) in [5.41, 5.74) is 1.15. The van der Waals surface area contributed by atoms with Crippen molar-refractivity contribution < 1.29 is 9.13 Å². The fourth-order valence-electron chi connectivity index (χ4n) is 2.21. The molecule has 1 aromatic rings. The minimum Gasteiger partial charge on any atom is -0.377 e. The minimum atomic E-state index is -0.179. The summed E-state index contributed by atoms with van der Waals surface area (Å²) in [6, 6.07) is 7.03. The molecule has 88 valence electrons. The average Bonchev–Trinajstić information content (AvgIpc) is 2.82. The molecule has 1 aromatic carbocycles. The number of ether oxygens (including phenoxy) is 1. The number of likely N-dealkylation sites (N-methyl/N-ethyl adjacent to an activating group) is 1. The van der Waals surface area contributed by atoms with Crippen LogP contribution in [0.5, 0.6) is 0 Å². The summed E-state index contributed by atoms with van der Waals surface area (Å²) in [6.07, 6.45) is 3.45. The second-order valence-corrected chi connectivity index (χ2v) is 4.28. The van der Waals surface area contributed by atoms with E-state index in [-0.39, 0.29) is 5.82 Å². The van der Waals surface area contributed by atoms with Crippen LogP contribution in [0.25, 0.3) is 0 Å². The van der Waals surface area contributed by atoms with Crippen molar-refractivity contribution in [1.82, 2.24) is 5.32 Å². The molecular formula is C13H18FNO. The second kappa shape index (κ2) is 5.41. The maximum absolute atomic E-state index is 12.8. The highest BCUT2D eigenvalue weighted by Crippen LogP contribution is 2.18. The second-order valence-electron chi connectivity index (χ2n) is 4.28. The van der Waals surface area contributed by atoms with E-state index >= 15 is 0 Å². The van der Waals surface area contributed by atoms with Crippen LogP contribution in [0.2, 0.25) is 0 Å². The van der Waals surface area contributed by atoms with Crippen molar-refractivity contribution in [2.45, 2.75) is 31.4 Å². The first-order valence-electron chi connectivity index (χ1n) is 5.83. The van der Waals surface area contributed by atoms with E-state index in [1.807, 2.05) is 19.2 Å². The average molecular weight is 223 g/mol. The zero-order valence-electron chi connectivity index (χ0n) is 9.58. The van der Waals surface area contributed by atoms with Gasteiger partial charge >= 0.3 is 0 Å². The molecule has 1 heterocycles. The fraction of sp³-hybridized carbons (Fsp3) is 0.538. The third-order valence-electron chi connectivity index (χ3n) is 3.15. The number of benzene rings is 1. The van der Waals surface area contributed by atoms with Crippen LogP contribution in [0, 0.1) is 5.82 Å². The third kappa shape index (κ3) is 2.80. The highest BCUT2D eigenvalue weighted by atomic mass is 19.1. The van der Waals surface area contributed by atoms with E-state index in [0.717, 1.165) is 31.4 Å². The maximum atomic E-state index is 12.8. The Morgan fingerprint density at radius 1 is 1.44 bits per heavy atom. The van der Waals surface area contributed by atoms with Crippen molar-refractivity contribution in [1.29, 1.82) is 0 Å². The molecule has 1 saturated heterocycles. The Morgan fingerprint density at radius 3 is 2.75 bits per heavy atom. The highest BCUT2D eigenvalue weighted by Gasteiger charge is 2.24. The van der Waals surface area contributed by atoms with Gasteiger partial charge in [-0.3, -0.25) is 0 Å². The van der Waals surface area contributed by atoms with Crippen molar-refractivity contribution >= 4 is 0 Å². The van der Waals surface area contributed by atoms with E-state index < -0.39 is 0 Å². The fourth-order valence-corrected chi connectivity index (χ4v) is 2.21. The van der Waals surface area contributed by atoms with Crippen LogP contribution < -0.4 is 5.32 Å². The van der Waals surface area contributed by atoms with Gasteiger partial charge in [-0.15, -0.1) is 0 Å². The summed E-state index contributed by atoms with van der Waals surface area (Å²) in [5.74, 6) is -0.179. The molecule has 0 saturated carbocycles. The van der Waals surface area contributed by atoms with E-state index in [4.69, 9.17) is 4.74 Å². The maximum Gasteiger partial charge on any atom is 0.123 e. The summed E-state index contributed by atoms with van der Waals surface area (Å²) in [5, 5.41) is 3.29. The Hall–Kier alpha value is -0.930. The topological polar surface area (TPSA) is 21.3 Å². The molecule has 0 bridgehead atoms. The van der Waals surface area contributed by atoms with Crippen LogP contribution in [0.15, 0.2) is 24.3 Å². The summed E-state index contributed by atoms with van der Waals surface area (Å²) in [4.78, 5) is 0. The SMILES string of the molecule is CN[C@H](Cc1ccc(F)cc1)[C@@H]1CCCO1. The van der Waals surface area contributed by atoms with Gasteiger partial charge in [0.1, 0.15) is 5.82 Å². The lowest BCUT2D eigenvalue weighted by Crippen LogP contribution is -2.39. The van der Waals surface area contributed by atoms with Crippen molar-refractivity contribution in [3.8, 4) is 0 Å². The molecule has 0 radical (unpaired) electrons. The molecule has 16 heavy (non-hydrogen) atoms. The molecule has 2 atom stereocenters. The molecule has 0 aliphatic carbocycles. The predicted octanol–water partition coefficient (Wildman–Crippen LogP) is 2.14. The molecule has 0 aromatic heterocycles. The number of hydrogen-bond donors (Lipinski definition) is 1. The Morgan fingerprint density at radius 2 is 2.19 bits per heavy atom. The number of hydrogen-bond acceptors (Lipinski definition) is 2. The Balaban J connectivity index is 1.97. The largest absolute Gasteiger partial charge is 0.377 e. The first-order valence-corrected chi connectivity index (χ1v) is 5.83. The molecule has 1 fully saturated rings. The zero-order valence-corrected chi connectivity index (χ0v) is 9.58. The molecule has 0 amide bonds. The van der Waals surface area contributed by atoms with Gasteiger partial charge in [0.15, 0.2) is 0 Å². The van der Waals surface area contributed by atoms with Gasteiger partial charge in [-0.25, -0.2) is 4.39 Å². The number of halogens is 1. The molecule has 2 nitrogen and oxygen atoms in total. The summed E-state index contributed by atoms with van der Waals surface area (Å²) in [7, 11) is 1.95. The lowest BCUT2D eigenvalue weighted by molar-refractivity contribution is 0.0808. The van der Waals surface area contributed by atoms with Gasteiger partial charge in [-0.05, 0) is 44.0 Å². The number of nitrogens with one attached hydrogen (secondary N) is 1. The monoisotopic (exact) mass is 223 g/mol. The molecule has 0 spiro atoms. The van der Waals surface area contributed by atoms with Crippen LogP contribution in [0.3, 0.4) is 0 Å². The van der Waals surface area contributed by atoms with Crippen molar-refractivity contribution in [2.75, 3.05) is 13.7 Å². The third-order valence-corrected chi connectivity index (χ3v) is 3.15.